The van der Waals surface area contributed by atoms with Crippen LogP contribution >= 0.6 is 0 Å². The monoisotopic (exact) mass is 355 g/mol. The van der Waals surface area contributed by atoms with Crippen molar-refractivity contribution in [2.24, 2.45) is 0 Å². The first-order chi connectivity index (χ1) is 12.5. The largest absolute Gasteiger partial charge is 0.481 e. The second-order valence-corrected chi connectivity index (χ2v) is 5.39. The van der Waals surface area contributed by atoms with Crippen LogP contribution in [0.4, 0.5) is 21.5 Å². The van der Waals surface area contributed by atoms with E-state index in [0.29, 0.717) is 5.69 Å². The minimum atomic E-state index is -0.723. The third-order valence-electron chi connectivity index (χ3n) is 3.53. The number of benzene rings is 2. The first kappa shape index (κ1) is 17.2. The molecule has 2 aromatic carbocycles. The average molecular weight is 355 g/mol. The van der Waals surface area contributed by atoms with Gasteiger partial charge in [0.05, 0.1) is 11.4 Å². The van der Waals surface area contributed by atoms with Crippen LogP contribution in [-0.4, -0.2) is 24.3 Å². The van der Waals surface area contributed by atoms with Gasteiger partial charge >= 0.3 is 0 Å². The van der Waals surface area contributed by atoms with Gasteiger partial charge in [0.1, 0.15) is 11.6 Å². The van der Waals surface area contributed by atoms with Crippen molar-refractivity contribution in [3.63, 3.8) is 0 Å². The smallest absolute Gasteiger partial charge is 0.262 e. The Bertz CT molecular complexity index is 927. The topological polar surface area (TPSA) is 96.5 Å². The molecule has 0 atom stereocenters. The average Bonchev–Trinajstić information content (AvgIpc) is 2.62. The fraction of sp³-hybridized carbons (Fsp3) is 0.0556. The number of anilines is 3. The Balaban J connectivity index is 1.80. The molecule has 0 bridgehead atoms. The summed E-state index contributed by atoms with van der Waals surface area (Å²) in [6.45, 7) is 3.17. The Morgan fingerprint density at radius 2 is 2.04 bits per heavy atom. The maximum atomic E-state index is 14.2. The van der Waals surface area contributed by atoms with Crippen molar-refractivity contribution in [2.75, 3.05) is 22.6 Å². The van der Waals surface area contributed by atoms with Gasteiger partial charge in [0.15, 0.2) is 6.61 Å². The van der Waals surface area contributed by atoms with Crippen molar-refractivity contribution in [3.05, 3.63) is 60.4 Å². The second kappa shape index (κ2) is 7.06. The molecule has 0 unspecified atom stereocenters. The molecule has 2 aromatic rings. The lowest BCUT2D eigenvalue weighted by Gasteiger charge is -2.19. The summed E-state index contributed by atoms with van der Waals surface area (Å²) in [5.74, 6) is -1.83. The van der Waals surface area contributed by atoms with Crippen molar-refractivity contribution in [1.82, 2.24) is 0 Å². The van der Waals surface area contributed by atoms with Crippen molar-refractivity contribution in [3.8, 4) is 5.75 Å². The molecule has 1 aliphatic rings. The van der Waals surface area contributed by atoms with E-state index < -0.39 is 17.6 Å². The minimum Gasteiger partial charge on any atom is -0.481 e. The molecule has 0 radical (unpaired) electrons. The molecule has 7 nitrogen and oxygen atoms in total. The lowest BCUT2D eigenvalue weighted by atomic mass is 10.1. The number of hydrogen-bond donors (Lipinski definition) is 3. The van der Waals surface area contributed by atoms with Crippen LogP contribution in [0.15, 0.2) is 49.1 Å². The molecule has 8 heteroatoms. The van der Waals surface area contributed by atoms with Crippen molar-refractivity contribution < 1.29 is 23.5 Å². The van der Waals surface area contributed by atoms with Crippen LogP contribution in [0.5, 0.6) is 5.75 Å². The molecule has 0 aromatic heterocycles. The third kappa shape index (κ3) is 3.69. The van der Waals surface area contributed by atoms with Gasteiger partial charge in [0.25, 0.3) is 11.8 Å². The molecule has 0 saturated carbocycles. The lowest BCUT2D eigenvalue weighted by molar-refractivity contribution is -0.118. The van der Waals surface area contributed by atoms with Crippen molar-refractivity contribution >= 4 is 34.8 Å². The number of hydrogen-bond acceptors (Lipinski definition) is 4. The van der Waals surface area contributed by atoms with Gasteiger partial charge in [-0.15, -0.1) is 0 Å². The zero-order chi connectivity index (χ0) is 18.7. The van der Waals surface area contributed by atoms with Crippen LogP contribution in [-0.2, 0) is 9.59 Å². The third-order valence-corrected chi connectivity index (χ3v) is 3.53. The Hall–Kier alpha value is -3.68. The number of amides is 3. The van der Waals surface area contributed by atoms with Gasteiger partial charge in [0, 0.05) is 23.4 Å². The molecule has 0 fully saturated rings. The molecular weight excluding hydrogens is 341 g/mol. The van der Waals surface area contributed by atoms with Gasteiger partial charge in [-0.05, 0) is 24.3 Å². The molecule has 3 N–H and O–H groups in total. The Morgan fingerprint density at radius 3 is 2.81 bits per heavy atom. The van der Waals surface area contributed by atoms with Crippen LogP contribution in [0.3, 0.4) is 0 Å². The van der Waals surface area contributed by atoms with Crippen LogP contribution in [0.2, 0.25) is 0 Å². The van der Waals surface area contributed by atoms with Gasteiger partial charge in [-0.2, -0.15) is 0 Å². The predicted molar refractivity (Wildman–Crippen MR) is 93.7 cm³/mol. The van der Waals surface area contributed by atoms with Crippen LogP contribution < -0.4 is 20.7 Å². The Kier molecular flexibility index (Phi) is 4.66. The fourth-order valence-corrected chi connectivity index (χ4v) is 2.32. The standard InChI is InChI=1S/C18H14FN3O4/c1-2-16(23)20-11-5-3-4-10(6-11)18(25)22-13-8-15-14(7-12(13)19)21-17(24)9-26-15/h2-8H,1,9H2,(H,20,23)(H,21,24)(H,22,25). The summed E-state index contributed by atoms with van der Waals surface area (Å²) in [4.78, 5) is 35.0. The van der Waals surface area contributed by atoms with E-state index in [9.17, 15) is 18.8 Å². The van der Waals surface area contributed by atoms with E-state index in [0.717, 1.165) is 12.1 Å². The zero-order valence-corrected chi connectivity index (χ0v) is 13.5. The van der Waals surface area contributed by atoms with Crippen molar-refractivity contribution in [1.29, 1.82) is 0 Å². The van der Waals surface area contributed by atoms with E-state index in [-0.39, 0.29) is 35.2 Å². The number of nitrogens with one attached hydrogen (secondary N) is 3. The first-order valence-corrected chi connectivity index (χ1v) is 7.57. The van der Waals surface area contributed by atoms with E-state index in [4.69, 9.17) is 4.74 Å². The van der Waals surface area contributed by atoms with E-state index in [1.54, 1.807) is 12.1 Å². The van der Waals surface area contributed by atoms with Crippen LogP contribution in [0.25, 0.3) is 0 Å². The van der Waals surface area contributed by atoms with Gasteiger partial charge in [-0.3, -0.25) is 14.4 Å². The molecule has 1 heterocycles. The summed E-state index contributed by atoms with van der Waals surface area (Å²) in [7, 11) is 0. The Morgan fingerprint density at radius 1 is 1.23 bits per heavy atom. The summed E-state index contributed by atoms with van der Waals surface area (Å²) in [6.07, 6.45) is 1.11. The molecular formula is C18H14FN3O4. The molecule has 26 heavy (non-hydrogen) atoms. The number of halogens is 1. The van der Waals surface area contributed by atoms with Gasteiger partial charge in [0.2, 0.25) is 5.91 Å². The highest BCUT2D eigenvalue weighted by Crippen LogP contribution is 2.33. The quantitative estimate of drug-likeness (QED) is 0.734. The molecule has 0 spiro atoms. The predicted octanol–water partition coefficient (Wildman–Crippen LogP) is 2.53. The van der Waals surface area contributed by atoms with Crippen LogP contribution in [0.1, 0.15) is 10.4 Å². The molecule has 0 saturated heterocycles. The molecule has 0 aliphatic carbocycles. The van der Waals surface area contributed by atoms with E-state index in [2.05, 4.69) is 22.5 Å². The highest BCUT2D eigenvalue weighted by Gasteiger charge is 2.20. The SMILES string of the molecule is C=CC(=O)Nc1cccc(C(=O)Nc2cc3c(cc2F)NC(=O)CO3)c1. The number of ether oxygens (including phenoxy) is 1. The normalized spacial score (nSPS) is 12.3. The summed E-state index contributed by atoms with van der Waals surface area (Å²) >= 11 is 0. The molecule has 1 aliphatic heterocycles. The number of carbonyl (C=O) groups excluding carboxylic acids is 3. The second-order valence-electron chi connectivity index (χ2n) is 5.39. The zero-order valence-electron chi connectivity index (χ0n) is 13.5. The summed E-state index contributed by atoms with van der Waals surface area (Å²) in [6, 6.07) is 8.52. The molecule has 3 amide bonds. The summed E-state index contributed by atoms with van der Waals surface area (Å²) in [5, 5.41) is 7.46. The summed E-state index contributed by atoms with van der Waals surface area (Å²) < 4.78 is 19.4. The maximum absolute atomic E-state index is 14.2. The number of carbonyl (C=O) groups is 3. The van der Waals surface area contributed by atoms with Crippen LogP contribution in [0, 0.1) is 5.82 Å². The highest BCUT2D eigenvalue weighted by atomic mass is 19.1. The minimum absolute atomic E-state index is 0.0922. The van der Waals surface area contributed by atoms with E-state index in [1.807, 2.05) is 0 Å². The fourth-order valence-electron chi connectivity index (χ4n) is 2.32. The molecule has 3 rings (SSSR count). The van der Waals surface area contributed by atoms with E-state index >= 15 is 0 Å². The highest BCUT2D eigenvalue weighted by molar-refractivity contribution is 6.06. The number of rotatable bonds is 4. The van der Waals surface area contributed by atoms with E-state index in [1.165, 1.54) is 18.2 Å². The lowest BCUT2D eigenvalue weighted by Crippen LogP contribution is -2.25. The van der Waals surface area contributed by atoms with Gasteiger partial charge in [-0.25, -0.2) is 4.39 Å². The van der Waals surface area contributed by atoms with Gasteiger partial charge in [-0.1, -0.05) is 12.6 Å². The maximum Gasteiger partial charge on any atom is 0.262 e. The molecule has 132 valence electrons. The number of fused-ring (bicyclic) bond motifs is 1. The Labute approximate surface area is 147 Å². The summed E-state index contributed by atoms with van der Waals surface area (Å²) in [5.41, 5.74) is 0.731. The van der Waals surface area contributed by atoms with Gasteiger partial charge < -0.3 is 20.7 Å². The van der Waals surface area contributed by atoms with Crippen molar-refractivity contribution in [2.45, 2.75) is 0 Å². The first-order valence-electron chi connectivity index (χ1n) is 7.57.